The molecule has 0 aliphatic carbocycles. The second kappa shape index (κ2) is 8.24. The van der Waals surface area contributed by atoms with Crippen molar-refractivity contribution in [3.63, 3.8) is 0 Å². The molecule has 1 aliphatic rings. The Hall–Kier alpha value is -2.88. The van der Waals surface area contributed by atoms with Crippen LogP contribution in [0, 0.1) is 5.82 Å². The highest BCUT2D eigenvalue weighted by Gasteiger charge is 2.34. The average molecular weight is 412 g/mol. The van der Waals surface area contributed by atoms with E-state index in [1.807, 2.05) is 0 Å². The van der Waals surface area contributed by atoms with Crippen molar-refractivity contribution in [3.05, 3.63) is 53.1 Å². The molecule has 2 heterocycles. The molecule has 2 amide bonds. The largest absolute Gasteiger partial charge is 0.419 e. The van der Waals surface area contributed by atoms with Crippen LogP contribution >= 0.6 is 0 Å². The predicted octanol–water partition coefficient (Wildman–Crippen LogP) is 2.14. The first-order chi connectivity index (χ1) is 13.6. The number of hydrogen-bond donors (Lipinski definition) is 3. The molecule has 1 atom stereocenters. The molecule has 1 saturated heterocycles. The smallest absolute Gasteiger partial charge is 0.369 e. The molecule has 0 unspecified atom stereocenters. The Morgan fingerprint density at radius 1 is 1.28 bits per heavy atom. The third-order valence-corrected chi connectivity index (χ3v) is 4.71. The number of primary amides is 1. The molecule has 1 aromatic heterocycles. The first-order valence-corrected chi connectivity index (χ1v) is 9.03. The van der Waals surface area contributed by atoms with Crippen molar-refractivity contribution in [2.24, 2.45) is 5.73 Å². The van der Waals surface area contributed by atoms with Crippen molar-refractivity contribution in [2.45, 2.75) is 31.5 Å². The molecule has 4 N–H and O–H groups in total. The van der Waals surface area contributed by atoms with Gasteiger partial charge in [-0.1, -0.05) is 0 Å². The first-order valence-electron chi connectivity index (χ1n) is 9.03. The number of amides is 2. The van der Waals surface area contributed by atoms with Crippen LogP contribution in [0.3, 0.4) is 0 Å². The molecule has 156 valence electrons. The Bertz CT molecular complexity index is 917. The van der Waals surface area contributed by atoms with Crippen molar-refractivity contribution < 1.29 is 27.2 Å². The summed E-state index contributed by atoms with van der Waals surface area (Å²) in [7, 11) is 0. The molecular formula is C19H20F4N4O2. The van der Waals surface area contributed by atoms with E-state index in [-0.39, 0.29) is 23.7 Å². The Balaban J connectivity index is 1.91. The minimum absolute atomic E-state index is 0.0791. The summed E-state index contributed by atoms with van der Waals surface area (Å²) in [5.74, 6) is -2.53. The van der Waals surface area contributed by atoms with Gasteiger partial charge in [-0.25, -0.2) is 4.39 Å². The fourth-order valence-electron chi connectivity index (χ4n) is 3.31. The zero-order chi connectivity index (χ0) is 21.2. The van der Waals surface area contributed by atoms with Gasteiger partial charge in [0.2, 0.25) is 5.91 Å². The summed E-state index contributed by atoms with van der Waals surface area (Å²) in [5.41, 5.74) is 4.41. The van der Waals surface area contributed by atoms with E-state index in [1.54, 1.807) is 0 Å². The zero-order valence-electron chi connectivity index (χ0n) is 15.4. The monoisotopic (exact) mass is 412 g/mol. The van der Waals surface area contributed by atoms with Crippen LogP contribution in [0.25, 0.3) is 5.69 Å². The van der Waals surface area contributed by atoms with E-state index in [2.05, 4.69) is 10.6 Å². The van der Waals surface area contributed by atoms with Crippen molar-refractivity contribution in [3.8, 4) is 5.69 Å². The number of nitrogens with zero attached hydrogens (tertiary/aromatic N) is 1. The number of piperidine rings is 1. The van der Waals surface area contributed by atoms with Gasteiger partial charge in [-0.05, 0) is 43.1 Å². The number of nitrogens with two attached hydrogens (primary N) is 1. The maximum absolute atomic E-state index is 13.9. The molecule has 0 saturated carbocycles. The van der Waals surface area contributed by atoms with Gasteiger partial charge >= 0.3 is 6.18 Å². The van der Waals surface area contributed by atoms with Gasteiger partial charge in [0.1, 0.15) is 5.82 Å². The number of rotatable bonds is 5. The van der Waals surface area contributed by atoms with Crippen LogP contribution in [0.2, 0.25) is 0 Å². The topological polar surface area (TPSA) is 89.2 Å². The minimum Gasteiger partial charge on any atom is -0.369 e. The van der Waals surface area contributed by atoms with E-state index in [9.17, 15) is 27.2 Å². The summed E-state index contributed by atoms with van der Waals surface area (Å²) in [6.45, 7) is 1.48. The van der Waals surface area contributed by atoms with Gasteiger partial charge in [-0.3, -0.25) is 9.59 Å². The number of carbonyl (C=O) groups is 2. The summed E-state index contributed by atoms with van der Waals surface area (Å²) < 4.78 is 53.5. The van der Waals surface area contributed by atoms with E-state index in [1.165, 1.54) is 17.0 Å². The molecule has 1 aromatic carbocycles. The number of hydrogen-bond acceptors (Lipinski definition) is 3. The molecule has 6 nitrogen and oxygen atoms in total. The number of aromatic nitrogens is 1. The summed E-state index contributed by atoms with van der Waals surface area (Å²) in [5, 5.41) is 6.03. The highest BCUT2D eigenvalue weighted by Crippen LogP contribution is 2.32. The third kappa shape index (κ3) is 4.94. The quantitative estimate of drug-likeness (QED) is 0.658. The lowest BCUT2D eigenvalue weighted by atomic mass is 10.1. The number of halogens is 4. The van der Waals surface area contributed by atoms with Crippen molar-refractivity contribution in [1.82, 2.24) is 15.2 Å². The number of alkyl halides is 3. The highest BCUT2D eigenvalue weighted by molar-refractivity contribution is 5.97. The summed E-state index contributed by atoms with van der Waals surface area (Å²) in [4.78, 5) is 24.1. The predicted molar refractivity (Wildman–Crippen MR) is 97.0 cm³/mol. The van der Waals surface area contributed by atoms with Crippen LogP contribution < -0.4 is 16.4 Å². The fourth-order valence-corrected chi connectivity index (χ4v) is 3.31. The van der Waals surface area contributed by atoms with E-state index < -0.39 is 29.4 Å². The van der Waals surface area contributed by atoms with Gasteiger partial charge in [0.05, 0.1) is 17.5 Å². The Morgan fingerprint density at radius 3 is 2.62 bits per heavy atom. The Kier molecular flexibility index (Phi) is 5.92. The van der Waals surface area contributed by atoms with E-state index in [0.29, 0.717) is 18.2 Å². The first kappa shape index (κ1) is 20.8. The van der Waals surface area contributed by atoms with Crippen LogP contribution in [0.1, 0.15) is 34.3 Å². The van der Waals surface area contributed by atoms with Gasteiger partial charge in [0.15, 0.2) is 0 Å². The van der Waals surface area contributed by atoms with E-state index >= 15 is 0 Å². The summed E-state index contributed by atoms with van der Waals surface area (Å²) in [6.07, 6.45) is -0.594. The lowest BCUT2D eigenvalue weighted by molar-refractivity contribution is -0.140. The standard InChI is InChI=1S/C19H20F4N4O2/c20-16-7-13(3-4-15(16)19(21,22)23)27-9-11(6-17(24)28)14(10-27)18(29)26-12-2-1-5-25-8-12/h3-4,7,9-10,12,25H,1-2,5-6,8H2,(H2,24,28)(H,26,29)/t12-/m0/s1. The van der Waals surface area contributed by atoms with Crippen LogP contribution in [0.5, 0.6) is 0 Å². The Morgan fingerprint density at radius 2 is 2.03 bits per heavy atom. The number of benzene rings is 1. The number of nitrogens with one attached hydrogen (secondary N) is 2. The summed E-state index contributed by atoms with van der Waals surface area (Å²) >= 11 is 0. The van der Waals surface area contributed by atoms with Gasteiger partial charge in [0.25, 0.3) is 5.91 Å². The minimum atomic E-state index is -4.81. The van der Waals surface area contributed by atoms with Crippen LogP contribution in [0.4, 0.5) is 17.6 Å². The van der Waals surface area contributed by atoms with Crippen LogP contribution in [0.15, 0.2) is 30.6 Å². The maximum Gasteiger partial charge on any atom is 0.419 e. The third-order valence-electron chi connectivity index (χ3n) is 4.71. The van der Waals surface area contributed by atoms with Gasteiger partial charge < -0.3 is 20.9 Å². The van der Waals surface area contributed by atoms with Crippen LogP contribution in [-0.2, 0) is 17.4 Å². The highest BCUT2D eigenvalue weighted by atomic mass is 19.4. The molecule has 3 rings (SSSR count). The SMILES string of the molecule is NC(=O)Cc1cn(-c2ccc(C(F)(F)F)c(F)c2)cc1C(=O)N[C@H]1CCCNC1. The van der Waals surface area contributed by atoms with Gasteiger partial charge in [-0.2, -0.15) is 13.2 Å². The molecule has 1 aliphatic heterocycles. The van der Waals surface area contributed by atoms with E-state index in [0.717, 1.165) is 31.5 Å². The van der Waals surface area contributed by atoms with Crippen molar-refractivity contribution in [2.75, 3.05) is 13.1 Å². The number of carbonyl (C=O) groups excluding carboxylic acids is 2. The molecule has 0 bridgehead atoms. The normalized spacial score (nSPS) is 17.2. The lowest BCUT2D eigenvalue weighted by Crippen LogP contribution is -2.45. The second-order valence-corrected chi connectivity index (χ2v) is 6.93. The fraction of sp³-hybridized carbons (Fsp3) is 0.368. The maximum atomic E-state index is 13.9. The summed E-state index contributed by atoms with van der Waals surface area (Å²) in [6, 6.07) is 2.37. The second-order valence-electron chi connectivity index (χ2n) is 6.93. The molecule has 10 heteroatoms. The molecular weight excluding hydrogens is 392 g/mol. The molecule has 1 fully saturated rings. The van der Waals surface area contributed by atoms with E-state index in [4.69, 9.17) is 5.73 Å². The van der Waals surface area contributed by atoms with Crippen molar-refractivity contribution in [1.29, 1.82) is 0 Å². The Labute approximate surface area is 164 Å². The van der Waals surface area contributed by atoms with Gasteiger partial charge in [0, 0.05) is 30.7 Å². The molecule has 29 heavy (non-hydrogen) atoms. The van der Waals surface area contributed by atoms with Crippen LogP contribution in [-0.4, -0.2) is 35.5 Å². The molecule has 0 radical (unpaired) electrons. The molecule has 0 spiro atoms. The van der Waals surface area contributed by atoms with Crippen molar-refractivity contribution >= 4 is 11.8 Å². The average Bonchev–Trinajstić information content (AvgIpc) is 3.04. The van der Waals surface area contributed by atoms with Gasteiger partial charge in [-0.15, -0.1) is 0 Å². The lowest BCUT2D eigenvalue weighted by Gasteiger charge is -2.23. The molecule has 2 aromatic rings. The zero-order valence-corrected chi connectivity index (χ0v) is 15.4.